The van der Waals surface area contributed by atoms with E-state index in [1.54, 1.807) is 32.5 Å². The van der Waals surface area contributed by atoms with Crippen molar-refractivity contribution in [3.8, 4) is 0 Å². The van der Waals surface area contributed by atoms with Crippen LogP contribution in [0, 0.1) is 13.8 Å². The second-order valence-corrected chi connectivity index (χ2v) is 7.51. The minimum atomic E-state index is -3.56. The number of aliphatic hydroxyl groups excluding tert-OH is 1. The zero-order chi connectivity index (χ0) is 17.2. The maximum absolute atomic E-state index is 12.6. The number of benzene rings is 1. The topological polar surface area (TPSA) is 75.4 Å². The average Bonchev–Trinajstić information content (AvgIpc) is 2.81. The van der Waals surface area contributed by atoms with E-state index in [1.807, 2.05) is 30.3 Å². The van der Waals surface area contributed by atoms with E-state index < -0.39 is 16.1 Å². The van der Waals surface area contributed by atoms with E-state index in [9.17, 15) is 13.5 Å². The smallest absolute Gasteiger partial charge is 0.246 e. The van der Waals surface area contributed by atoms with Gasteiger partial charge < -0.3 is 5.11 Å². The maximum Gasteiger partial charge on any atom is 0.246 e. The molecule has 0 radical (unpaired) electrons. The summed E-state index contributed by atoms with van der Waals surface area (Å²) in [7, 11) is -2.02. The van der Waals surface area contributed by atoms with E-state index in [2.05, 4.69) is 5.10 Å². The van der Waals surface area contributed by atoms with Crippen molar-refractivity contribution in [1.82, 2.24) is 14.1 Å². The van der Waals surface area contributed by atoms with Crippen LogP contribution in [-0.4, -0.2) is 41.2 Å². The number of aliphatic hydroxyl groups is 1. The van der Waals surface area contributed by atoms with Crippen LogP contribution in [0.2, 0.25) is 0 Å². The van der Waals surface area contributed by atoms with Crippen molar-refractivity contribution in [2.24, 2.45) is 0 Å². The summed E-state index contributed by atoms with van der Waals surface area (Å²) in [6.07, 6.45) is -0.742. The van der Waals surface area contributed by atoms with Crippen LogP contribution >= 0.6 is 0 Å². The first kappa shape index (κ1) is 17.7. The second kappa shape index (κ2) is 6.82. The number of aromatic nitrogens is 2. The Morgan fingerprint density at radius 3 is 2.43 bits per heavy atom. The summed E-state index contributed by atoms with van der Waals surface area (Å²) in [5.41, 5.74) is 1.76. The highest BCUT2D eigenvalue weighted by atomic mass is 32.2. The van der Waals surface area contributed by atoms with Crippen LogP contribution < -0.4 is 0 Å². The van der Waals surface area contributed by atoms with Gasteiger partial charge in [-0.15, -0.1) is 0 Å². The summed E-state index contributed by atoms with van der Waals surface area (Å²) in [4.78, 5) is 0.224. The van der Waals surface area contributed by atoms with Crippen molar-refractivity contribution in [1.29, 1.82) is 0 Å². The monoisotopic (exact) mass is 337 g/mol. The Labute approximate surface area is 137 Å². The van der Waals surface area contributed by atoms with Gasteiger partial charge in [0.25, 0.3) is 0 Å². The molecule has 1 aromatic heterocycles. The van der Waals surface area contributed by atoms with Crippen LogP contribution in [0.1, 0.15) is 30.0 Å². The van der Waals surface area contributed by atoms with Gasteiger partial charge >= 0.3 is 0 Å². The lowest BCUT2D eigenvalue weighted by atomic mass is 10.1. The highest BCUT2D eigenvalue weighted by molar-refractivity contribution is 7.89. The fourth-order valence-electron chi connectivity index (χ4n) is 2.50. The molecule has 6 nitrogen and oxygen atoms in total. The van der Waals surface area contributed by atoms with Gasteiger partial charge in [0.2, 0.25) is 10.0 Å². The molecule has 2 aromatic rings. The minimum Gasteiger partial charge on any atom is -0.386 e. The Morgan fingerprint density at radius 1 is 1.26 bits per heavy atom. The molecule has 1 unspecified atom stereocenters. The van der Waals surface area contributed by atoms with E-state index in [0.717, 1.165) is 5.56 Å². The molecule has 0 saturated heterocycles. The molecule has 1 N–H and O–H groups in total. The van der Waals surface area contributed by atoms with Crippen molar-refractivity contribution >= 4 is 10.0 Å². The first-order valence-electron chi connectivity index (χ1n) is 7.52. The van der Waals surface area contributed by atoms with Gasteiger partial charge in [0.15, 0.2) is 0 Å². The Morgan fingerprint density at radius 2 is 1.87 bits per heavy atom. The molecular formula is C16H23N3O3S. The lowest BCUT2D eigenvalue weighted by molar-refractivity contribution is 0.150. The van der Waals surface area contributed by atoms with Gasteiger partial charge in [-0.25, -0.2) is 12.7 Å². The number of rotatable bonds is 6. The Bertz CT molecular complexity index is 769. The summed E-state index contributed by atoms with van der Waals surface area (Å²) in [6, 6.07) is 9.25. The summed E-state index contributed by atoms with van der Waals surface area (Å²) in [6.45, 7) is 5.77. The number of hydrogen-bond acceptors (Lipinski definition) is 4. The van der Waals surface area contributed by atoms with E-state index in [1.165, 1.54) is 4.31 Å². The van der Waals surface area contributed by atoms with Gasteiger partial charge in [0, 0.05) is 13.6 Å². The highest BCUT2D eigenvalue weighted by Crippen LogP contribution is 2.24. The molecule has 0 spiro atoms. The molecule has 0 amide bonds. The van der Waals surface area contributed by atoms with Gasteiger partial charge in [-0.2, -0.15) is 5.10 Å². The molecular weight excluding hydrogens is 314 g/mol. The first-order chi connectivity index (χ1) is 10.8. The SMILES string of the molecule is CCN(C)S(=O)(=O)c1c(C)nn(CC(O)c2ccccc2)c1C. The van der Waals surface area contributed by atoms with E-state index in [4.69, 9.17) is 0 Å². The van der Waals surface area contributed by atoms with Crippen LogP contribution in [-0.2, 0) is 16.6 Å². The normalized spacial score (nSPS) is 13.5. The largest absolute Gasteiger partial charge is 0.386 e. The molecule has 0 aliphatic carbocycles. The molecule has 0 aliphatic rings. The van der Waals surface area contributed by atoms with Gasteiger partial charge in [-0.1, -0.05) is 37.3 Å². The third-order valence-corrected chi connectivity index (χ3v) is 6.14. The molecule has 126 valence electrons. The maximum atomic E-state index is 12.6. The molecule has 0 saturated carbocycles. The number of aryl methyl sites for hydroxylation is 1. The van der Waals surface area contributed by atoms with Crippen molar-refractivity contribution in [3.63, 3.8) is 0 Å². The van der Waals surface area contributed by atoms with Crippen LogP contribution in [0.5, 0.6) is 0 Å². The van der Waals surface area contributed by atoms with Gasteiger partial charge in [-0.05, 0) is 19.4 Å². The highest BCUT2D eigenvalue weighted by Gasteiger charge is 2.28. The number of sulfonamides is 1. The summed E-state index contributed by atoms with van der Waals surface area (Å²) in [5.74, 6) is 0. The summed E-state index contributed by atoms with van der Waals surface area (Å²) < 4.78 is 28.0. The quantitative estimate of drug-likeness (QED) is 0.873. The number of nitrogens with zero attached hydrogens (tertiary/aromatic N) is 3. The van der Waals surface area contributed by atoms with Gasteiger partial charge in [-0.3, -0.25) is 4.68 Å². The van der Waals surface area contributed by atoms with Crippen LogP contribution in [0.25, 0.3) is 0 Å². The van der Waals surface area contributed by atoms with Crippen molar-refractivity contribution in [2.75, 3.05) is 13.6 Å². The third-order valence-electron chi connectivity index (χ3n) is 3.96. The third kappa shape index (κ3) is 3.46. The first-order valence-corrected chi connectivity index (χ1v) is 8.96. The second-order valence-electron chi connectivity index (χ2n) is 5.53. The van der Waals surface area contributed by atoms with Crippen LogP contribution in [0.4, 0.5) is 0 Å². The van der Waals surface area contributed by atoms with Crippen LogP contribution in [0.15, 0.2) is 35.2 Å². The Balaban J connectivity index is 2.35. The van der Waals surface area contributed by atoms with E-state index in [-0.39, 0.29) is 11.4 Å². The Kier molecular flexibility index (Phi) is 5.23. The molecule has 2 rings (SSSR count). The zero-order valence-electron chi connectivity index (χ0n) is 13.9. The van der Waals surface area contributed by atoms with Gasteiger partial charge in [0.1, 0.15) is 4.90 Å². The molecule has 0 fully saturated rings. The van der Waals surface area contributed by atoms with E-state index in [0.29, 0.717) is 17.9 Å². The number of hydrogen-bond donors (Lipinski definition) is 1. The predicted molar refractivity (Wildman–Crippen MR) is 88.6 cm³/mol. The van der Waals surface area contributed by atoms with Crippen molar-refractivity contribution in [2.45, 2.75) is 38.3 Å². The molecule has 0 bridgehead atoms. The average molecular weight is 337 g/mol. The van der Waals surface area contributed by atoms with Crippen molar-refractivity contribution < 1.29 is 13.5 Å². The summed E-state index contributed by atoms with van der Waals surface area (Å²) >= 11 is 0. The Hall–Kier alpha value is -1.70. The van der Waals surface area contributed by atoms with Crippen molar-refractivity contribution in [3.05, 3.63) is 47.3 Å². The molecule has 0 aliphatic heterocycles. The predicted octanol–water partition coefficient (Wildman–Crippen LogP) is 1.87. The fraction of sp³-hybridized carbons (Fsp3) is 0.438. The van der Waals surface area contributed by atoms with Crippen LogP contribution in [0.3, 0.4) is 0 Å². The van der Waals surface area contributed by atoms with Gasteiger partial charge in [0.05, 0.1) is 24.0 Å². The molecule has 23 heavy (non-hydrogen) atoms. The molecule has 1 heterocycles. The lowest BCUT2D eigenvalue weighted by Gasteiger charge is -2.16. The summed E-state index contributed by atoms with van der Waals surface area (Å²) in [5, 5.41) is 14.6. The molecule has 1 atom stereocenters. The molecule has 7 heteroatoms. The zero-order valence-corrected chi connectivity index (χ0v) is 14.7. The molecule has 1 aromatic carbocycles. The minimum absolute atomic E-state index is 0.210. The lowest BCUT2D eigenvalue weighted by Crippen LogP contribution is -2.27. The van der Waals surface area contributed by atoms with E-state index >= 15 is 0 Å². The standard InChI is InChI=1S/C16H23N3O3S/c1-5-18(4)23(21,22)16-12(2)17-19(13(16)3)11-15(20)14-9-7-6-8-10-14/h6-10,15,20H,5,11H2,1-4H3. The fourth-order valence-corrected chi connectivity index (χ4v) is 4.05.